The van der Waals surface area contributed by atoms with Gasteiger partial charge in [-0.25, -0.2) is 0 Å². The molecule has 0 spiro atoms. The average Bonchev–Trinajstić information content (AvgIpc) is 2.77. The number of carbonyl (C=O) groups is 1. The summed E-state index contributed by atoms with van der Waals surface area (Å²) in [5.74, 6) is -0.810. The van der Waals surface area contributed by atoms with Gasteiger partial charge in [-0.05, 0) is 0 Å². The molecular weight excluding hydrogens is 298 g/mol. The Balaban J connectivity index is 2.37. The number of nitrogens with two attached hydrogens (primary N) is 1. The molecule has 5 N–H and O–H groups in total. The highest BCUT2D eigenvalue weighted by Crippen LogP contribution is 2.31. The highest BCUT2D eigenvalue weighted by molar-refractivity contribution is 5.69. The van der Waals surface area contributed by atoms with Crippen molar-refractivity contribution in [2.45, 2.75) is 31.0 Å². The maximum atomic E-state index is 11.9. The number of hydrogen-bond acceptors (Lipinski definition) is 9. The van der Waals surface area contributed by atoms with Gasteiger partial charge in [0.2, 0.25) is 5.95 Å². The molecule has 1 saturated heterocycles. The molecule has 0 saturated carbocycles. The van der Waals surface area contributed by atoms with Crippen LogP contribution in [-0.2, 0) is 20.8 Å². The van der Waals surface area contributed by atoms with Gasteiger partial charge in [0.15, 0.2) is 0 Å². The first kappa shape index (κ1) is 16.4. The number of aliphatic hydroxyl groups excluding tert-OH is 3. The van der Waals surface area contributed by atoms with Gasteiger partial charge in [-0.1, -0.05) is 0 Å². The Labute approximate surface area is 124 Å². The van der Waals surface area contributed by atoms with Crippen LogP contribution >= 0.6 is 0 Å². The first-order valence-corrected chi connectivity index (χ1v) is 6.45. The third kappa shape index (κ3) is 2.95. The lowest BCUT2D eigenvalue weighted by molar-refractivity contribution is -0.141. The maximum Gasteiger partial charge on any atom is 0.325 e. The van der Waals surface area contributed by atoms with Crippen LogP contribution in [0.2, 0.25) is 0 Å². The molecule has 2 rings (SSSR count). The van der Waals surface area contributed by atoms with Crippen molar-refractivity contribution in [2.24, 2.45) is 0 Å². The van der Waals surface area contributed by atoms with Crippen LogP contribution in [0.5, 0.6) is 0 Å². The van der Waals surface area contributed by atoms with E-state index in [0.717, 1.165) is 4.57 Å². The van der Waals surface area contributed by atoms with Crippen molar-refractivity contribution in [3.63, 3.8) is 0 Å². The van der Waals surface area contributed by atoms with Gasteiger partial charge in [-0.15, -0.1) is 0 Å². The molecular formula is C12H17N3O7. The van der Waals surface area contributed by atoms with Gasteiger partial charge >= 0.3 is 5.97 Å². The zero-order valence-corrected chi connectivity index (χ0v) is 11.7. The summed E-state index contributed by atoms with van der Waals surface area (Å²) >= 11 is 0. The first-order valence-electron chi connectivity index (χ1n) is 6.45. The van der Waals surface area contributed by atoms with Crippen molar-refractivity contribution < 1.29 is 29.6 Å². The van der Waals surface area contributed by atoms with Crippen LogP contribution in [0.4, 0.5) is 5.95 Å². The maximum absolute atomic E-state index is 11.9. The highest BCUT2D eigenvalue weighted by Gasteiger charge is 2.44. The lowest BCUT2D eigenvalue weighted by Crippen LogP contribution is -2.33. The van der Waals surface area contributed by atoms with Crippen LogP contribution in [0.15, 0.2) is 11.0 Å². The molecule has 10 heteroatoms. The van der Waals surface area contributed by atoms with Crippen LogP contribution in [0.1, 0.15) is 11.7 Å². The second-order valence-electron chi connectivity index (χ2n) is 4.82. The smallest absolute Gasteiger partial charge is 0.325 e. The largest absolute Gasteiger partial charge is 0.468 e. The van der Waals surface area contributed by atoms with E-state index in [1.165, 1.54) is 13.3 Å². The molecule has 2 heterocycles. The summed E-state index contributed by atoms with van der Waals surface area (Å²) in [4.78, 5) is 26.8. The number of aromatic nitrogens is 2. The van der Waals surface area contributed by atoms with E-state index in [4.69, 9.17) is 15.6 Å². The number of methoxy groups -OCH3 is 1. The monoisotopic (exact) mass is 315 g/mol. The third-order valence-electron chi connectivity index (χ3n) is 3.43. The van der Waals surface area contributed by atoms with Gasteiger partial charge in [0.1, 0.15) is 31.0 Å². The Morgan fingerprint density at radius 2 is 2.18 bits per heavy atom. The molecule has 0 amide bonds. The minimum Gasteiger partial charge on any atom is -0.468 e. The van der Waals surface area contributed by atoms with Crippen LogP contribution in [0, 0.1) is 0 Å². The van der Waals surface area contributed by atoms with E-state index < -0.39 is 42.6 Å². The summed E-state index contributed by atoms with van der Waals surface area (Å²) in [6.45, 7) is -0.801. The predicted octanol–water partition coefficient (Wildman–Crippen LogP) is -2.85. The Morgan fingerprint density at radius 1 is 1.50 bits per heavy atom. The average molecular weight is 315 g/mol. The number of nitrogen functional groups attached to an aromatic ring is 1. The fourth-order valence-electron chi connectivity index (χ4n) is 2.20. The minimum atomic E-state index is -1.41. The van der Waals surface area contributed by atoms with E-state index in [2.05, 4.69) is 9.72 Å². The lowest BCUT2D eigenvalue weighted by atomic mass is 10.0. The Bertz CT molecular complexity index is 617. The van der Waals surface area contributed by atoms with Crippen LogP contribution < -0.4 is 11.3 Å². The number of rotatable bonds is 4. The van der Waals surface area contributed by atoms with Gasteiger partial charge in [0, 0.05) is 6.20 Å². The Hall–Kier alpha value is -2.01. The van der Waals surface area contributed by atoms with Gasteiger partial charge < -0.3 is 35.1 Å². The number of carbonyl (C=O) groups excluding carboxylic acids is 1. The zero-order valence-electron chi connectivity index (χ0n) is 11.7. The van der Waals surface area contributed by atoms with Crippen molar-refractivity contribution in [3.8, 4) is 0 Å². The standard InChI is InChI=1S/C12H17N3O7/c1-21-7(17)3-15-2-5(11(20)14-12(15)13)10-9(19)8(18)6(4-16)22-10/h2,6,8-10,16,18-19H,3-4H2,1H3,(H2,13,14,20)/t6-,8+,9?,10+/m1/s1. The van der Waals surface area contributed by atoms with Crippen molar-refractivity contribution in [1.29, 1.82) is 0 Å². The molecule has 1 aliphatic rings. The molecule has 1 aromatic rings. The molecule has 0 aliphatic carbocycles. The second kappa shape index (κ2) is 6.40. The van der Waals surface area contributed by atoms with Crippen molar-refractivity contribution >= 4 is 11.9 Å². The molecule has 10 nitrogen and oxygen atoms in total. The molecule has 0 radical (unpaired) electrons. The van der Waals surface area contributed by atoms with Crippen molar-refractivity contribution in [1.82, 2.24) is 9.55 Å². The molecule has 1 aromatic heterocycles. The molecule has 0 aromatic carbocycles. The number of anilines is 1. The summed E-state index contributed by atoms with van der Waals surface area (Å²) in [6, 6.07) is 0. The fourth-order valence-corrected chi connectivity index (χ4v) is 2.20. The van der Waals surface area contributed by atoms with Crippen LogP contribution in [0.25, 0.3) is 0 Å². The van der Waals surface area contributed by atoms with Gasteiger partial charge in [0.05, 0.1) is 19.3 Å². The molecule has 0 bridgehead atoms. The first-order chi connectivity index (χ1) is 10.4. The van der Waals surface area contributed by atoms with Crippen molar-refractivity contribution in [3.05, 3.63) is 22.1 Å². The normalized spacial score (nSPS) is 27.8. The van der Waals surface area contributed by atoms with E-state index >= 15 is 0 Å². The quantitative estimate of drug-likeness (QED) is 0.429. The number of ether oxygens (including phenoxy) is 2. The van der Waals surface area contributed by atoms with Gasteiger partial charge in [0.25, 0.3) is 5.56 Å². The molecule has 1 aliphatic heterocycles. The van der Waals surface area contributed by atoms with E-state index in [1.54, 1.807) is 0 Å². The summed E-state index contributed by atoms with van der Waals surface area (Å²) in [5.41, 5.74) is 4.72. The second-order valence-corrected chi connectivity index (χ2v) is 4.82. The number of nitrogens with zero attached hydrogens (tertiary/aromatic N) is 2. The van der Waals surface area contributed by atoms with E-state index in [-0.39, 0.29) is 18.1 Å². The van der Waals surface area contributed by atoms with E-state index in [0.29, 0.717) is 0 Å². The number of hydrogen-bond donors (Lipinski definition) is 4. The summed E-state index contributed by atoms with van der Waals surface area (Å²) in [5, 5.41) is 28.7. The minimum absolute atomic E-state index is 0.0828. The third-order valence-corrected chi connectivity index (χ3v) is 3.43. The summed E-state index contributed by atoms with van der Waals surface area (Å²) in [7, 11) is 1.20. The highest BCUT2D eigenvalue weighted by atomic mass is 16.6. The Morgan fingerprint density at radius 3 is 2.73 bits per heavy atom. The van der Waals surface area contributed by atoms with Crippen molar-refractivity contribution in [2.75, 3.05) is 19.5 Å². The molecule has 1 fully saturated rings. The molecule has 1 unspecified atom stereocenters. The van der Waals surface area contributed by atoms with Crippen LogP contribution in [-0.4, -0.2) is 62.9 Å². The zero-order chi connectivity index (χ0) is 16.4. The van der Waals surface area contributed by atoms with Gasteiger partial charge in [-0.3, -0.25) is 9.59 Å². The number of aliphatic hydroxyl groups is 3. The topological polar surface area (TPSA) is 157 Å². The molecule has 4 atom stereocenters. The SMILES string of the molecule is COC(=O)Cn1cc([C@@H]2O[C@H](CO)[C@H](O)C2O)c(=O)nc1N. The van der Waals surface area contributed by atoms with Gasteiger partial charge in [-0.2, -0.15) is 4.98 Å². The lowest BCUT2D eigenvalue weighted by Gasteiger charge is -2.16. The molecule has 22 heavy (non-hydrogen) atoms. The fraction of sp³-hybridized carbons (Fsp3) is 0.583. The van der Waals surface area contributed by atoms with E-state index in [9.17, 15) is 19.8 Å². The van der Waals surface area contributed by atoms with E-state index in [1.807, 2.05) is 0 Å². The molecule has 122 valence electrons. The summed E-state index contributed by atoms with van der Waals surface area (Å²) in [6.07, 6.45) is -3.76. The van der Waals surface area contributed by atoms with Crippen LogP contribution in [0.3, 0.4) is 0 Å². The summed E-state index contributed by atoms with van der Waals surface area (Å²) < 4.78 is 10.9. The number of esters is 1. The predicted molar refractivity (Wildman–Crippen MR) is 71.6 cm³/mol. The Kier molecular flexibility index (Phi) is 4.76.